The molecule has 0 saturated heterocycles. The van der Waals surface area contributed by atoms with Crippen molar-refractivity contribution in [3.8, 4) is 0 Å². The van der Waals surface area contributed by atoms with Gasteiger partial charge < -0.3 is 24.6 Å². The van der Waals surface area contributed by atoms with Gasteiger partial charge in [-0.1, -0.05) is 0 Å². The Labute approximate surface area is 70.7 Å². The molecule has 0 rings (SSSR count). The Hall–Kier alpha value is 0.239. The first-order valence-electron chi connectivity index (χ1n) is 0.632. The average Bonchev–Trinajstić information content (AvgIpc) is 0.722. The zero-order valence-corrected chi connectivity index (χ0v) is 6.78. The summed E-state index contributed by atoms with van der Waals surface area (Å²) in [4.78, 5) is 0. The Balaban J connectivity index is -0.00000000800. The molecule has 0 aromatic heterocycles. The van der Waals surface area contributed by atoms with Gasteiger partial charge in [0.25, 0.3) is 0 Å². The van der Waals surface area contributed by atoms with E-state index in [0.29, 0.717) is 0 Å². The van der Waals surface area contributed by atoms with Crippen molar-refractivity contribution in [3.63, 3.8) is 0 Å². The summed E-state index contributed by atoms with van der Waals surface area (Å²) in [5, 5.41) is 0. The van der Waals surface area contributed by atoms with E-state index in [2.05, 4.69) is 0 Å². The molecule has 0 amide bonds. The molecule has 0 spiro atoms. The average molecular weight is 248 g/mol. The van der Waals surface area contributed by atoms with Gasteiger partial charge in [0.05, 0.1) is 0 Å². The number of rotatable bonds is 0. The molecule has 0 atom stereocenters. The summed E-state index contributed by atoms with van der Waals surface area (Å²) < 4.78 is 33.1. The SMILES string of the molecule is [Cu].[NH2-].[NH2-].[NH2-].[NH2-].[O]=[Mn](=[O])(=[O])[OH]. The Morgan fingerprint density at radius 1 is 0.800 bits per heavy atom. The maximum absolute atomic E-state index is 8.69. The Kier molecular flexibility index (Phi) is 78.4. The van der Waals surface area contributed by atoms with Crippen LogP contribution in [0.25, 0.3) is 24.6 Å². The first-order chi connectivity index (χ1) is 2.00. The molecule has 75 valence electrons. The van der Waals surface area contributed by atoms with Crippen molar-refractivity contribution in [3.05, 3.63) is 24.6 Å². The summed E-state index contributed by atoms with van der Waals surface area (Å²) in [5.74, 6) is 0. The van der Waals surface area contributed by atoms with Gasteiger partial charge in [-0.2, -0.15) is 0 Å². The first kappa shape index (κ1) is 48.6. The van der Waals surface area contributed by atoms with Crippen molar-refractivity contribution in [1.82, 2.24) is 0 Å². The van der Waals surface area contributed by atoms with Gasteiger partial charge in [0, 0.05) is 17.1 Å². The van der Waals surface area contributed by atoms with Gasteiger partial charge in [-0.15, -0.1) is 0 Å². The third kappa shape index (κ3) is 7560. The Morgan fingerprint density at radius 3 is 0.800 bits per heavy atom. The van der Waals surface area contributed by atoms with E-state index in [1.165, 1.54) is 0 Å². The van der Waals surface area contributed by atoms with Crippen molar-refractivity contribution in [2.45, 2.75) is 0 Å². The van der Waals surface area contributed by atoms with E-state index >= 15 is 0 Å². The second-order valence-electron chi connectivity index (χ2n) is 0.396. The molecule has 1 radical (unpaired) electrons. The molecule has 0 aliphatic carbocycles. The zero-order chi connectivity index (χ0) is 4.50. The standard InChI is InChI=1S/Cu.Mn.4H2N.H2O.3O/h;;5*1H2;;;/q;+1;4*-1;;;;/p-1. The van der Waals surface area contributed by atoms with E-state index in [-0.39, 0.29) is 41.7 Å². The van der Waals surface area contributed by atoms with E-state index in [1.807, 2.05) is 0 Å². The Bertz CT molecular complexity index is 138. The summed E-state index contributed by atoms with van der Waals surface area (Å²) in [5.41, 5.74) is 0. The fraction of sp³-hybridized carbons (Fsp3) is 0. The molecule has 0 heterocycles. The third-order valence-electron chi connectivity index (χ3n) is 0. The van der Waals surface area contributed by atoms with Crippen LogP contribution in [0.15, 0.2) is 0 Å². The minimum atomic E-state index is -5.38. The topological polar surface area (TPSA) is 205 Å². The molecule has 0 unspecified atom stereocenters. The number of hydrogen-bond donors (Lipinski definition) is 1. The number of hydrogen-bond acceptors (Lipinski definition) is 3. The first-order valence-corrected chi connectivity index (χ1v) is 2.61. The molecule has 10 heteroatoms. The fourth-order valence-electron chi connectivity index (χ4n) is 0. The molecule has 0 aliphatic rings. The summed E-state index contributed by atoms with van der Waals surface area (Å²) in [6, 6.07) is 0. The van der Waals surface area contributed by atoms with E-state index in [1.54, 1.807) is 0 Å². The molecular formula is H9CuMnN4O4-4. The van der Waals surface area contributed by atoms with Crippen LogP contribution in [0.2, 0.25) is 0 Å². The molecule has 9 N–H and O–H groups in total. The maximum atomic E-state index is 8.69. The van der Waals surface area contributed by atoms with Crippen LogP contribution in [0.1, 0.15) is 0 Å². The molecule has 8 nitrogen and oxygen atoms in total. The third-order valence-corrected chi connectivity index (χ3v) is 0. The summed E-state index contributed by atoms with van der Waals surface area (Å²) in [6.45, 7) is 0. The van der Waals surface area contributed by atoms with Crippen molar-refractivity contribution in [2.75, 3.05) is 0 Å². The summed E-state index contributed by atoms with van der Waals surface area (Å²) >= 11 is -5.38. The van der Waals surface area contributed by atoms with Crippen LogP contribution in [0, 0.1) is 0 Å². The second kappa shape index (κ2) is 16.1. The predicted molar refractivity (Wildman–Crippen MR) is 25.4 cm³/mol. The summed E-state index contributed by atoms with van der Waals surface area (Å²) in [6.07, 6.45) is 0. The molecule has 10 heavy (non-hydrogen) atoms. The fourth-order valence-corrected chi connectivity index (χ4v) is 0. The van der Waals surface area contributed by atoms with Gasteiger partial charge in [0.1, 0.15) is 0 Å². The van der Waals surface area contributed by atoms with Crippen LogP contribution in [0.5, 0.6) is 0 Å². The van der Waals surface area contributed by atoms with Crippen molar-refractivity contribution in [1.29, 1.82) is 0 Å². The molecule has 0 fully saturated rings. The van der Waals surface area contributed by atoms with Crippen molar-refractivity contribution in [2.24, 2.45) is 0 Å². The van der Waals surface area contributed by atoms with Crippen LogP contribution in [-0.2, 0) is 41.5 Å². The van der Waals surface area contributed by atoms with Gasteiger partial charge in [-0.25, -0.2) is 0 Å². The number of nitrogens with two attached hydrogens (primary N) is 4. The van der Waals surface area contributed by atoms with Gasteiger partial charge in [-0.05, 0) is 0 Å². The minimum absolute atomic E-state index is 0. The normalized spacial score (nSPS) is 5.70. The van der Waals surface area contributed by atoms with E-state index in [9.17, 15) is 0 Å². The van der Waals surface area contributed by atoms with Crippen LogP contribution in [-0.4, -0.2) is 4.19 Å². The molecule has 0 aliphatic heterocycles. The van der Waals surface area contributed by atoms with E-state index in [0.717, 1.165) is 0 Å². The molecule has 0 bridgehead atoms. The van der Waals surface area contributed by atoms with Crippen LogP contribution in [0.4, 0.5) is 0 Å². The van der Waals surface area contributed by atoms with Crippen LogP contribution >= 0.6 is 0 Å². The van der Waals surface area contributed by atoms with Gasteiger partial charge in [0.15, 0.2) is 0 Å². The quantitative estimate of drug-likeness (QED) is 0.636. The zero-order valence-electron chi connectivity index (χ0n) is 4.66. The Morgan fingerprint density at radius 2 is 0.800 bits per heavy atom. The second-order valence-corrected chi connectivity index (χ2v) is 1.63. The van der Waals surface area contributed by atoms with E-state index < -0.39 is 13.0 Å². The van der Waals surface area contributed by atoms with Gasteiger partial charge >= 0.3 is 28.7 Å². The monoisotopic (exact) mass is 247 g/mol. The molecule has 0 saturated carbocycles. The van der Waals surface area contributed by atoms with Gasteiger partial charge in [0.2, 0.25) is 0 Å². The van der Waals surface area contributed by atoms with Crippen molar-refractivity contribution >= 4 is 0 Å². The summed E-state index contributed by atoms with van der Waals surface area (Å²) in [7, 11) is 0. The molecular weight excluding hydrogens is 239 g/mol. The molecule has 0 aromatic carbocycles. The van der Waals surface area contributed by atoms with Crippen LogP contribution < -0.4 is 0 Å². The van der Waals surface area contributed by atoms with Crippen molar-refractivity contribution < 1.29 is 45.7 Å². The van der Waals surface area contributed by atoms with E-state index in [4.69, 9.17) is 15.7 Å². The predicted octanol–water partition coefficient (Wildman–Crippen LogP) is 1.95. The van der Waals surface area contributed by atoms with Gasteiger partial charge in [-0.3, -0.25) is 0 Å². The molecule has 0 aromatic rings. The van der Waals surface area contributed by atoms with Crippen LogP contribution in [0.3, 0.4) is 0 Å².